The number of amides is 1. The van der Waals surface area contributed by atoms with E-state index in [1.807, 2.05) is 0 Å². The third kappa shape index (κ3) is 13.5. The molecule has 49 heavy (non-hydrogen) atoms. The highest BCUT2D eigenvalue weighted by atomic mass is 19.4. The van der Waals surface area contributed by atoms with Gasteiger partial charge in [-0.3, -0.25) is 0 Å². The number of rotatable bonds is 8. The maximum absolute atomic E-state index is 11.9. The molecule has 0 unspecified atom stereocenters. The Morgan fingerprint density at radius 1 is 0.857 bits per heavy atom. The number of nitrogens with zero attached hydrogens (tertiary/aromatic N) is 3. The van der Waals surface area contributed by atoms with Gasteiger partial charge in [0.15, 0.2) is 17.6 Å². The van der Waals surface area contributed by atoms with E-state index < -0.39 is 66.1 Å². The molecule has 0 saturated carbocycles. The normalized spacial score (nSPS) is 22.0. The summed E-state index contributed by atoms with van der Waals surface area (Å²) in [6, 6.07) is -1.46. The Morgan fingerprint density at radius 2 is 1.31 bits per heavy atom. The number of guanidine groups is 2. The first kappa shape index (κ1) is 44.5. The number of hydrogen-bond acceptors (Lipinski definition) is 14. The highest BCUT2D eigenvalue weighted by molar-refractivity contribution is 5.87. The van der Waals surface area contributed by atoms with Crippen molar-refractivity contribution in [3.63, 3.8) is 0 Å². The second-order valence-corrected chi connectivity index (χ2v) is 9.76. The standard InChI is InChI=1S/C16H30N8O4.3C2HF3O2/c17-6-3-1-2-4-7-20-14(25)28-9-10-11-16(23-12(18)22-11)15(26,27)5-8-24(16)13(19)21-10;3*3-2(4,5)1(6)7/h10-11,26-27H,1-9,17H2,(H2,19,21)(H,20,25)(H3,18,22,23);3*(H,6,7)/t10-,11-,16-;;;/m0.../s1. The number of ether oxygens (including phenoxy) is 1. The van der Waals surface area contributed by atoms with Crippen LogP contribution in [-0.4, -0.2) is 135 Å². The van der Waals surface area contributed by atoms with Crippen molar-refractivity contribution in [2.45, 2.75) is 74.2 Å². The third-order valence-electron chi connectivity index (χ3n) is 6.20. The van der Waals surface area contributed by atoms with Crippen LogP contribution in [0.4, 0.5) is 44.3 Å². The second kappa shape index (κ2) is 17.7. The van der Waals surface area contributed by atoms with E-state index >= 15 is 0 Å². The molecular formula is C22H33F9N8O10. The monoisotopic (exact) mass is 740 g/mol. The van der Waals surface area contributed by atoms with Crippen LogP contribution in [-0.2, 0) is 19.1 Å². The predicted molar refractivity (Wildman–Crippen MR) is 143 cm³/mol. The Bertz CT molecular complexity index is 1160. The lowest BCUT2D eigenvalue weighted by molar-refractivity contribution is -0.221. The van der Waals surface area contributed by atoms with Crippen molar-refractivity contribution in [2.24, 2.45) is 27.2 Å². The van der Waals surface area contributed by atoms with E-state index in [-0.39, 0.29) is 31.5 Å². The molecule has 1 saturated heterocycles. The molecule has 0 aromatic carbocycles. The van der Waals surface area contributed by atoms with Crippen molar-refractivity contribution < 1.29 is 89.0 Å². The number of nitrogens with one attached hydrogen (secondary N) is 2. The average Bonchev–Trinajstić information content (AvgIpc) is 3.44. The molecule has 0 bridgehead atoms. The summed E-state index contributed by atoms with van der Waals surface area (Å²) >= 11 is 0. The van der Waals surface area contributed by atoms with Gasteiger partial charge in [0.2, 0.25) is 5.79 Å². The number of carboxylic acid groups (broad SMARTS) is 3. The Kier molecular flexibility index (Phi) is 16.1. The molecule has 284 valence electrons. The topological polar surface area (TPSA) is 309 Å². The Morgan fingerprint density at radius 3 is 1.73 bits per heavy atom. The summed E-state index contributed by atoms with van der Waals surface area (Å²) in [4.78, 5) is 48.8. The first-order valence-corrected chi connectivity index (χ1v) is 13.3. The van der Waals surface area contributed by atoms with Crippen LogP contribution >= 0.6 is 0 Å². The minimum Gasteiger partial charge on any atom is -0.475 e. The quantitative estimate of drug-likeness (QED) is 0.0827. The van der Waals surface area contributed by atoms with Crippen molar-refractivity contribution in [2.75, 3.05) is 26.2 Å². The van der Waals surface area contributed by atoms with Gasteiger partial charge < -0.3 is 63.0 Å². The summed E-state index contributed by atoms with van der Waals surface area (Å²) in [6.07, 6.45) is -11.9. The molecule has 3 aliphatic rings. The number of carboxylic acids is 3. The van der Waals surface area contributed by atoms with Gasteiger partial charge in [0.25, 0.3) is 0 Å². The maximum Gasteiger partial charge on any atom is 0.490 e. The summed E-state index contributed by atoms with van der Waals surface area (Å²) < 4.78 is 100. The van der Waals surface area contributed by atoms with Crippen LogP contribution in [0.2, 0.25) is 0 Å². The number of aliphatic hydroxyl groups is 2. The lowest BCUT2D eigenvalue weighted by Crippen LogP contribution is -2.76. The number of hydrogen-bond donors (Lipinski definition) is 10. The smallest absolute Gasteiger partial charge is 0.475 e. The molecular weight excluding hydrogens is 707 g/mol. The number of aliphatic carboxylic acids is 3. The molecule has 1 fully saturated rings. The van der Waals surface area contributed by atoms with E-state index in [1.165, 1.54) is 0 Å². The molecule has 0 aromatic heterocycles. The molecule has 3 atom stereocenters. The number of alkyl carbamates (subject to hydrolysis) is 1. The minimum absolute atomic E-state index is 0.0493. The fourth-order valence-electron chi connectivity index (χ4n) is 4.08. The van der Waals surface area contributed by atoms with Crippen LogP contribution in [0.5, 0.6) is 0 Å². The van der Waals surface area contributed by atoms with Crippen LogP contribution < -0.4 is 27.8 Å². The number of alkyl halides is 9. The molecule has 1 spiro atoms. The van der Waals surface area contributed by atoms with Gasteiger partial charge in [0.05, 0.1) is 0 Å². The van der Waals surface area contributed by atoms with Gasteiger partial charge in [-0.2, -0.15) is 39.5 Å². The third-order valence-corrected chi connectivity index (χ3v) is 6.20. The summed E-state index contributed by atoms with van der Waals surface area (Å²) in [7, 11) is 0. The number of halogens is 9. The van der Waals surface area contributed by atoms with Crippen molar-refractivity contribution in [3.8, 4) is 0 Å². The SMILES string of the molecule is NCCCCCCNC(=O)OC[C@@H]1N=C(N)N2CCC(O)(O)[C@@]23NC(N)=N[C@@H]13.O=C(O)C(F)(F)F.O=C(O)C(F)(F)F.O=C(O)C(F)(F)F. The number of carbonyl (C=O) groups excluding carboxylic acids is 1. The molecule has 0 aromatic rings. The first-order chi connectivity index (χ1) is 22.1. The summed E-state index contributed by atoms with van der Waals surface area (Å²) in [6.45, 7) is 1.34. The summed E-state index contributed by atoms with van der Waals surface area (Å²) in [5, 5.41) is 48.1. The van der Waals surface area contributed by atoms with Gasteiger partial charge >= 0.3 is 42.5 Å². The van der Waals surface area contributed by atoms with Crippen molar-refractivity contribution in [1.29, 1.82) is 0 Å². The largest absolute Gasteiger partial charge is 0.490 e. The summed E-state index contributed by atoms with van der Waals surface area (Å²) in [5.74, 6) is -10.2. The molecule has 18 nitrogen and oxygen atoms in total. The number of unbranched alkanes of at least 4 members (excludes halogenated alkanes) is 3. The van der Waals surface area contributed by atoms with Gasteiger partial charge in [-0.1, -0.05) is 12.8 Å². The fraction of sp³-hybridized carbons (Fsp3) is 0.727. The van der Waals surface area contributed by atoms with Gasteiger partial charge in [0.1, 0.15) is 18.7 Å². The molecule has 1 amide bonds. The Hall–Kier alpha value is -4.53. The zero-order valence-electron chi connectivity index (χ0n) is 24.8. The van der Waals surface area contributed by atoms with Gasteiger partial charge in [-0.15, -0.1) is 0 Å². The van der Waals surface area contributed by atoms with Crippen molar-refractivity contribution in [3.05, 3.63) is 0 Å². The van der Waals surface area contributed by atoms with Crippen molar-refractivity contribution in [1.82, 2.24) is 15.5 Å². The van der Waals surface area contributed by atoms with Crippen molar-refractivity contribution >= 4 is 35.9 Å². The van der Waals surface area contributed by atoms with E-state index in [0.717, 1.165) is 25.7 Å². The van der Waals surface area contributed by atoms with E-state index in [2.05, 4.69) is 20.6 Å². The zero-order valence-corrected chi connectivity index (χ0v) is 24.8. The van der Waals surface area contributed by atoms with E-state index in [1.54, 1.807) is 4.90 Å². The van der Waals surface area contributed by atoms with E-state index in [9.17, 15) is 54.5 Å². The zero-order chi connectivity index (χ0) is 38.6. The Balaban J connectivity index is 0.000000891. The number of aliphatic imine (C=N–C) groups is 2. The fourth-order valence-corrected chi connectivity index (χ4v) is 4.08. The minimum atomic E-state index is -5.08. The van der Waals surface area contributed by atoms with Crippen LogP contribution in [0.15, 0.2) is 9.98 Å². The van der Waals surface area contributed by atoms with E-state index in [0.29, 0.717) is 13.1 Å². The highest BCUT2D eigenvalue weighted by Crippen LogP contribution is 2.44. The predicted octanol–water partition coefficient (Wildman–Crippen LogP) is -0.802. The maximum atomic E-state index is 11.9. The van der Waals surface area contributed by atoms with Crippen LogP contribution in [0.25, 0.3) is 0 Å². The molecule has 13 N–H and O–H groups in total. The van der Waals surface area contributed by atoms with Crippen LogP contribution in [0, 0.1) is 0 Å². The number of carbonyl (C=O) groups is 4. The molecule has 0 radical (unpaired) electrons. The number of nitrogens with two attached hydrogens (primary N) is 3. The molecule has 27 heteroatoms. The lowest BCUT2D eigenvalue weighted by atomic mass is 9.87. The van der Waals surface area contributed by atoms with Crippen LogP contribution in [0.1, 0.15) is 32.1 Å². The first-order valence-electron chi connectivity index (χ1n) is 13.3. The van der Waals surface area contributed by atoms with Gasteiger partial charge in [-0.05, 0) is 19.4 Å². The van der Waals surface area contributed by atoms with Gasteiger partial charge in [0, 0.05) is 19.5 Å². The molecule has 3 rings (SSSR count). The Labute approximate surface area is 268 Å². The van der Waals surface area contributed by atoms with E-state index in [4.69, 9.17) is 51.6 Å². The second-order valence-electron chi connectivity index (χ2n) is 9.76. The van der Waals surface area contributed by atoms with Crippen LogP contribution in [0.3, 0.4) is 0 Å². The lowest BCUT2D eigenvalue weighted by Gasteiger charge is -2.48. The molecule has 3 heterocycles. The summed E-state index contributed by atoms with van der Waals surface area (Å²) in [5.41, 5.74) is 15.9. The van der Waals surface area contributed by atoms with Gasteiger partial charge in [-0.25, -0.2) is 29.2 Å². The average molecular weight is 741 g/mol. The highest BCUT2D eigenvalue weighted by Gasteiger charge is 2.69. The molecule has 0 aliphatic carbocycles. The molecule has 3 aliphatic heterocycles.